The average molecular weight is 375 g/mol. The highest BCUT2D eigenvalue weighted by molar-refractivity contribution is 6.31. The summed E-state index contributed by atoms with van der Waals surface area (Å²) in [6.45, 7) is 0.249. The van der Waals surface area contributed by atoms with Crippen LogP contribution in [0, 0.1) is 11.6 Å². The van der Waals surface area contributed by atoms with E-state index in [4.69, 9.17) is 11.6 Å². The van der Waals surface area contributed by atoms with Gasteiger partial charge in [-0.1, -0.05) is 35.9 Å². The minimum atomic E-state index is -0.768. The maximum atomic E-state index is 13.6. The summed E-state index contributed by atoms with van der Waals surface area (Å²) >= 11 is 6.03. The van der Waals surface area contributed by atoms with Crippen LogP contribution in [0.3, 0.4) is 0 Å². The Morgan fingerprint density at radius 3 is 2.31 bits per heavy atom. The largest absolute Gasteiger partial charge is 0.348 e. The van der Waals surface area contributed by atoms with Crippen molar-refractivity contribution in [2.24, 2.45) is 0 Å². The second-order valence-corrected chi connectivity index (χ2v) is 5.70. The maximum Gasteiger partial charge on any atom is 0.254 e. The van der Waals surface area contributed by atoms with E-state index < -0.39 is 17.5 Å². The van der Waals surface area contributed by atoms with Gasteiger partial charge in [-0.15, -0.1) is 0 Å². The molecule has 26 heavy (non-hydrogen) atoms. The molecule has 0 bridgehead atoms. The Hall–Kier alpha value is -3.06. The lowest BCUT2D eigenvalue weighted by atomic mass is 10.2. The molecule has 5 nitrogen and oxygen atoms in total. The summed E-state index contributed by atoms with van der Waals surface area (Å²) in [5, 5.41) is 5.70. The predicted octanol–water partition coefficient (Wildman–Crippen LogP) is 4.08. The minimum Gasteiger partial charge on any atom is -0.348 e. The van der Waals surface area contributed by atoms with Crippen molar-refractivity contribution in [3.05, 3.63) is 82.6 Å². The van der Waals surface area contributed by atoms with Crippen molar-refractivity contribution < 1.29 is 13.6 Å². The Morgan fingerprint density at radius 1 is 1.00 bits per heavy atom. The van der Waals surface area contributed by atoms with E-state index in [1.165, 1.54) is 18.5 Å². The van der Waals surface area contributed by atoms with Crippen LogP contribution in [-0.2, 0) is 6.54 Å². The number of hydrogen-bond acceptors (Lipinski definition) is 4. The number of halogens is 3. The molecular formula is C18H13ClF2N4O. The standard InChI is InChI=1S/C18H13ClF2N4O/c19-13-5-2-1-4-11(13)8-22-17(26)12-9-23-18(24-10-12)25-16-14(20)6-3-7-15(16)21/h1-7,9-10H,8H2,(H,22,26)(H,23,24,25). The van der Waals surface area contributed by atoms with E-state index in [2.05, 4.69) is 20.6 Å². The summed E-state index contributed by atoms with van der Waals surface area (Å²) in [4.78, 5) is 19.9. The molecule has 0 saturated heterocycles. The number of carbonyl (C=O) groups is 1. The first-order valence-corrected chi connectivity index (χ1v) is 7.97. The first-order valence-electron chi connectivity index (χ1n) is 7.59. The zero-order chi connectivity index (χ0) is 18.5. The third kappa shape index (κ3) is 4.12. The van der Waals surface area contributed by atoms with Gasteiger partial charge in [0.15, 0.2) is 0 Å². The van der Waals surface area contributed by atoms with E-state index in [1.807, 2.05) is 6.07 Å². The molecule has 132 valence electrons. The number of rotatable bonds is 5. The second-order valence-electron chi connectivity index (χ2n) is 5.29. The molecule has 0 aliphatic carbocycles. The zero-order valence-electron chi connectivity index (χ0n) is 13.3. The van der Waals surface area contributed by atoms with Crippen LogP contribution >= 0.6 is 11.6 Å². The van der Waals surface area contributed by atoms with Gasteiger partial charge >= 0.3 is 0 Å². The SMILES string of the molecule is O=C(NCc1ccccc1Cl)c1cnc(Nc2c(F)cccc2F)nc1. The molecule has 8 heteroatoms. The van der Waals surface area contributed by atoms with Crippen LogP contribution in [0.15, 0.2) is 54.9 Å². The van der Waals surface area contributed by atoms with Gasteiger partial charge in [0.05, 0.1) is 5.56 Å². The van der Waals surface area contributed by atoms with Gasteiger partial charge in [-0.2, -0.15) is 0 Å². The minimum absolute atomic E-state index is 0.0309. The number of carbonyl (C=O) groups excluding carboxylic acids is 1. The number of nitrogens with one attached hydrogen (secondary N) is 2. The van der Waals surface area contributed by atoms with Gasteiger partial charge in [-0.25, -0.2) is 18.7 Å². The zero-order valence-corrected chi connectivity index (χ0v) is 14.1. The fourth-order valence-corrected chi connectivity index (χ4v) is 2.36. The quantitative estimate of drug-likeness (QED) is 0.706. The van der Waals surface area contributed by atoms with Crippen LogP contribution in [-0.4, -0.2) is 15.9 Å². The summed E-state index contributed by atoms with van der Waals surface area (Å²) in [6, 6.07) is 10.6. The number of hydrogen-bond donors (Lipinski definition) is 2. The third-order valence-electron chi connectivity index (χ3n) is 3.51. The van der Waals surface area contributed by atoms with E-state index in [9.17, 15) is 13.6 Å². The second kappa shape index (κ2) is 7.88. The molecule has 0 aliphatic rings. The Kier molecular flexibility index (Phi) is 5.38. The highest BCUT2D eigenvalue weighted by Crippen LogP contribution is 2.21. The van der Waals surface area contributed by atoms with Gasteiger partial charge in [0.25, 0.3) is 5.91 Å². The van der Waals surface area contributed by atoms with Crippen LogP contribution in [0.1, 0.15) is 15.9 Å². The monoisotopic (exact) mass is 374 g/mol. The molecule has 1 aromatic heterocycles. The van der Waals surface area contributed by atoms with Crippen molar-refractivity contribution in [3.8, 4) is 0 Å². The molecule has 3 rings (SSSR count). The van der Waals surface area contributed by atoms with Crippen molar-refractivity contribution in [1.82, 2.24) is 15.3 Å². The third-order valence-corrected chi connectivity index (χ3v) is 3.88. The molecule has 0 aliphatic heterocycles. The van der Waals surface area contributed by atoms with Crippen LogP contribution < -0.4 is 10.6 Å². The van der Waals surface area contributed by atoms with Gasteiger partial charge in [0.1, 0.15) is 17.3 Å². The Morgan fingerprint density at radius 2 is 1.65 bits per heavy atom. The highest BCUT2D eigenvalue weighted by Gasteiger charge is 2.11. The lowest BCUT2D eigenvalue weighted by Crippen LogP contribution is -2.23. The van der Waals surface area contributed by atoms with E-state index in [0.29, 0.717) is 5.02 Å². The van der Waals surface area contributed by atoms with Gasteiger partial charge in [0.2, 0.25) is 5.95 Å². The molecule has 2 aromatic carbocycles. The van der Waals surface area contributed by atoms with E-state index >= 15 is 0 Å². The molecule has 0 atom stereocenters. The van der Waals surface area contributed by atoms with Crippen molar-refractivity contribution >= 4 is 29.1 Å². The van der Waals surface area contributed by atoms with Crippen LogP contribution in [0.25, 0.3) is 0 Å². The molecule has 0 fully saturated rings. The number of anilines is 2. The number of aromatic nitrogens is 2. The Labute approximate surface area is 153 Å². The van der Waals surface area contributed by atoms with Crippen molar-refractivity contribution in [3.63, 3.8) is 0 Å². The van der Waals surface area contributed by atoms with Gasteiger partial charge in [0, 0.05) is 24.0 Å². The highest BCUT2D eigenvalue weighted by atomic mass is 35.5. The maximum absolute atomic E-state index is 13.6. The molecule has 0 saturated carbocycles. The number of nitrogens with zero attached hydrogens (tertiary/aromatic N) is 2. The van der Waals surface area contributed by atoms with E-state index in [-0.39, 0.29) is 23.7 Å². The van der Waals surface area contributed by atoms with Crippen molar-refractivity contribution in [1.29, 1.82) is 0 Å². The summed E-state index contributed by atoms with van der Waals surface area (Å²) in [7, 11) is 0. The van der Waals surface area contributed by atoms with Gasteiger partial charge in [-0.3, -0.25) is 4.79 Å². The van der Waals surface area contributed by atoms with Gasteiger partial charge in [-0.05, 0) is 23.8 Å². The number of para-hydroxylation sites is 1. The molecule has 1 amide bonds. The molecule has 2 N–H and O–H groups in total. The molecule has 1 heterocycles. The van der Waals surface area contributed by atoms with E-state index in [1.54, 1.807) is 18.2 Å². The fourth-order valence-electron chi connectivity index (χ4n) is 2.16. The first kappa shape index (κ1) is 17.8. The molecule has 0 spiro atoms. The summed E-state index contributed by atoms with van der Waals surface area (Å²) in [5.41, 5.74) is 0.622. The molecule has 3 aromatic rings. The normalized spacial score (nSPS) is 10.4. The molecular weight excluding hydrogens is 362 g/mol. The van der Waals surface area contributed by atoms with E-state index in [0.717, 1.165) is 17.7 Å². The van der Waals surface area contributed by atoms with Crippen molar-refractivity contribution in [2.45, 2.75) is 6.54 Å². The van der Waals surface area contributed by atoms with Gasteiger partial charge < -0.3 is 10.6 Å². The lowest BCUT2D eigenvalue weighted by molar-refractivity contribution is 0.0950. The number of amides is 1. The average Bonchev–Trinajstić information content (AvgIpc) is 2.64. The fraction of sp³-hybridized carbons (Fsp3) is 0.0556. The summed E-state index contributed by atoms with van der Waals surface area (Å²) < 4.78 is 27.2. The van der Waals surface area contributed by atoms with Crippen LogP contribution in [0.5, 0.6) is 0 Å². The molecule has 0 unspecified atom stereocenters. The Bertz CT molecular complexity index is 914. The van der Waals surface area contributed by atoms with Crippen LogP contribution in [0.4, 0.5) is 20.4 Å². The topological polar surface area (TPSA) is 66.9 Å². The molecule has 0 radical (unpaired) electrons. The summed E-state index contributed by atoms with van der Waals surface area (Å²) in [6.07, 6.45) is 2.52. The van der Waals surface area contributed by atoms with Crippen molar-refractivity contribution in [2.75, 3.05) is 5.32 Å². The first-order chi connectivity index (χ1) is 12.5. The Balaban J connectivity index is 1.65. The predicted molar refractivity (Wildman–Crippen MR) is 94.3 cm³/mol. The van der Waals surface area contributed by atoms with Crippen LogP contribution in [0.2, 0.25) is 5.02 Å². The summed E-state index contributed by atoms with van der Waals surface area (Å²) in [5.74, 6) is -1.96. The lowest BCUT2D eigenvalue weighted by Gasteiger charge is -2.08. The smallest absolute Gasteiger partial charge is 0.254 e. The number of benzene rings is 2.